The summed E-state index contributed by atoms with van der Waals surface area (Å²) in [5.41, 5.74) is 1.76. The first-order chi connectivity index (χ1) is 13.6. The largest absolute Gasteiger partial charge is 0.375 e. The van der Waals surface area contributed by atoms with Crippen LogP contribution in [0.1, 0.15) is 6.42 Å². The number of carbonyl (C=O) groups excluding carboxylic acids is 3. The minimum Gasteiger partial charge on any atom is -0.375 e. The van der Waals surface area contributed by atoms with E-state index in [1.54, 1.807) is 24.3 Å². The van der Waals surface area contributed by atoms with E-state index in [1.807, 2.05) is 43.4 Å². The number of nitrogens with zero attached hydrogens (tertiary/aromatic N) is 3. The normalized spacial score (nSPS) is 13.8. The molecule has 146 valence electrons. The molecule has 2 aromatic rings. The molecule has 0 atom stereocenters. The fourth-order valence-corrected chi connectivity index (χ4v) is 3.06. The third-order valence-corrected chi connectivity index (χ3v) is 4.62. The summed E-state index contributed by atoms with van der Waals surface area (Å²) in [7, 11) is 2.00. The van der Waals surface area contributed by atoms with E-state index in [2.05, 4.69) is 10.2 Å². The highest BCUT2D eigenvalue weighted by Gasteiger charge is 2.37. The van der Waals surface area contributed by atoms with Gasteiger partial charge in [-0.1, -0.05) is 36.4 Å². The monoisotopic (exact) mass is 380 g/mol. The van der Waals surface area contributed by atoms with Crippen molar-refractivity contribution in [3.63, 3.8) is 0 Å². The van der Waals surface area contributed by atoms with Crippen LogP contribution in [-0.2, 0) is 9.59 Å². The quantitative estimate of drug-likeness (QED) is 0.562. The van der Waals surface area contributed by atoms with E-state index in [4.69, 9.17) is 0 Å². The summed E-state index contributed by atoms with van der Waals surface area (Å²) in [5.74, 6) is -0.702. The fourth-order valence-electron chi connectivity index (χ4n) is 3.06. The molecule has 1 fully saturated rings. The molecule has 0 bridgehead atoms. The van der Waals surface area contributed by atoms with Gasteiger partial charge in [-0.25, -0.2) is 4.79 Å². The molecule has 1 saturated heterocycles. The van der Waals surface area contributed by atoms with Gasteiger partial charge in [-0.15, -0.1) is 0 Å². The molecule has 7 heteroatoms. The van der Waals surface area contributed by atoms with Crippen molar-refractivity contribution in [2.45, 2.75) is 6.42 Å². The minimum atomic E-state index is -0.463. The maximum absolute atomic E-state index is 12.5. The number of amides is 4. The number of hydrogen-bond donors (Lipinski definition) is 1. The predicted molar refractivity (Wildman–Crippen MR) is 108 cm³/mol. The van der Waals surface area contributed by atoms with Gasteiger partial charge in [0.15, 0.2) is 0 Å². The van der Waals surface area contributed by atoms with Crippen molar-refractivity contribution in [1.82, 2.24) is 10.2 Å². The zero-order chi connectivity index (χ0) is 19.9. The van der Waals surface area contributed by atoms with Gasteiger partial charge in [0.1, 0.15) is 13.1 Å². The Hall–Kier alpha value is -3.35. The number of nitrogens with one attached hydrogen (secondary N) is 1. The first-order valence-corrected chi connectivity index (χ1v) is 9.26. The highest BCUT2D eigenvalue weighted by atomic mass is 16.2. The third-order valence-electron chi connectivity index (χ3n) is 4.62. The summed E-state index contributed by atoms with van der Waals surface area (Å²) < 4.78 is 0. The van der Waals surface area contributed by atoms with Crippen molar-refractivity contribution in [2.24, 2.45) is 0 Å². The van der Waals surface area contributed by atoms with Crippen LogP contribution in [0.5, 0.6) is 0 Å². The van der Waals surface area contributed by atoms with Crippen LogP contribution in [0.2, 0.25) is 0 Å². The molecule has 28 heavy (non-hydrogen) atoms. The van der Waals surface area contributed by atoms with Gasteiger partial charge in [-0.05, 0) is 30.7 Å². The Balaban J connectivity index is 1.43. The van der Waals surface area contributed by atoms with Gasteiger partial charge in [-0.2, -0.15) is 0 Å². The Morgan fingerprint density at radius 3 is 2.36 bits per heavy atom. The van der Waals surface area contributed by atoms with E-state index in [1.165, 1.54) is 4.90 Å². The molecular weight excluding hydrogens is 356 g/mol. The van der Waals surface area contributed by atoms with E-state index in [0.717, 1.165) is 23.6 Å². The summed E-state index contributed by atoms with van der Waals surface area (Å²) in [6.45, 7) is 0.968. The van der Waals surface area contributed by atoms with Gasteiger partial charge in [-0.3, -0.25) is 19.4 Å². The number of hydrogen-bond acceptors (Lipinski definition) is 4. The number of anilines is 2. The Morgan fingerprint density at radius 1 is 1.04 bits per heavy atom. The molecule has 7 nitrogen and oxygen atoms in total. The molecule has 4 amide bonds. The Kier molecular flexibility index (Phi) is 6.26. The smallest absolute Gasteiger partial charge is 0.332 e. The second-order valence-electron chi connectivity index (χ2n) is 6.64. The van der Waals surface area contributed by atoms with Crippen LogP contribution in [-0.4, -0.2) is 56.0 Å². The van der Waals surface area contributed by atoms with Crippen molar-refractivity contribution in [2.75, 3.05) is 43.0 Å². The average molecular weight is 380 g/mol. The van der Waals surface area contributed by atoms with Gasteiger partial charge in [0, 0.05) is 31.5 Å². The topological polar surface area (TPSA) is 73.0 Å². The second kappa shape index (κ2) is 9.03. The lowest BCUT2D eigenvalue weighted by Crippen LogP contribution is -2.42. The number of imide groups is 1. The maximum atomic E-state index is 12.5. The molecule has 0 aromatic heterocycles. The predicted octanol–water partition coefficient (Wildman–Crippen LogP) is 2.10. The second-order valence-corrected chi connectivity index (χ2v) is 6.64. The van der Waals surface area contributed by atoms with E-state index >= 15 is 0 Å². The summed E-state index contributed by atoms with van der Waals surface area (Å²) in [6, 6.07) is 18.5. The number of rotatable bonds is 8. The molecule has 1 aliphatic rings. The van der Waals surface area contributed by atoms with Crippen LogP contribution in [0.3, 0.4) is 0 Å². The number of benzene rings is 2. The summed E-state index contributed by atoms with van der Waals surface area (Å²) in [5, 5.41) is 2.78. The van der Waals surface area contributed by atoms with Gasteiger partial charge in [0.05, 0.1) is 0 Å². The first kappa shape index (κ1) is 19.4. The van der Waals surface area contributed by atoms with E-state index < -0.39 is 6.03 Å². The molecular formula is C21H24N4O3. The molecule has 0 radical (unpaired) electrons. The van der Waals surface area contributed by atoms with E-state index in [0.29, 0.717) is 12.2 Å². The summed E-state index contributed by atoms with van der Waals surface area (Å²) >= 11 is 0. The Morgan fingerprint density at radius 2 is 1.68 bits per heavy atom. The van der Waals surface area contributed by atoms with Gasteiger partial charge in [0.2, 0.25) is 5.91 Å². The number of para-hydroxylation sites is 2. The highest BCUT2D eigenvalue weighted by Crippen LogP contribution is 2.20. The summed E-state index contributed by atoms with van der Waals surface area (Å²) in [4.78, 5) is 41.3. The van der Waals surface area contributed by atoms with Gasteiger partial charge >= 0.3 is 6.03 Å². The molecule has 2 aromatic carbocycles. The third kappa shape index (κ3) is 4.68. The van der Waals surface area contributed by atoms with Crippen LogP contribution in [0.25, 0.3) is 0 Å². The highest BCUT2D eigenvalue weighted by molar-refractivity contribution is 6.13. The molecule has 1 N–H and O–H groups in total. The molecule has 0 saturated carbocycles. The molecule has 1 heterocycles. The number of urea groups is 1. The van der Waals surface area contributed by atoms with Crippen LogP contribution in [0.4, 0.5) is 16.2 Å². The lowest BCUT2D eigenvalue weighted by atomic mass is 10.3. The zero-order valence-electron chi connectivity index (χ0n) is 15.9. The van der Waals surface area contributed by atoms with E-state index in [9.17, 15) is 14.4 Å². The average Bonchev–Trinajstić information content (AvgIpc) is 3.00. The lowest BCUT2D eigenvalue weighted by molar-refractivity contribution is -0.130. The Bertz CT molecular complexity index is 826. The van der Waals surface area contributed by atoms with Crippen LogP contribution >= 0.6 is 0 Å². The van der Waals surface area contributed by atoms with Crippen molar-refractivity contribution >= 4 is 29.2 Å². The van der Waals surface area contributed by atoms with Crippen molar-refractivity contribution in [3.8, 4) is 0 Å². The molecule has 0 unspecified atom stereocenters. The number of carbonyl (C=O) groups is 3. The maximum Gasteiger partial charge on any atom is 0.332 e. The molecule has 1 aliphatic heterocycles. The summed E-state index contributed by atoms with van der Waals surface area (Å²) in [6.07, 6.45) is 0.759. The van der Waals surface area contributed by atoms with Crippen LogP contribution in [0, 0.1) is 0 Å². The van der Waals surface area contributed by atoms with Crippen molar-refractivity contribution in [1.29, 1.82) is 0 Å². The SMILES string of the molecule is CN(CCCNC(=O)CN1C(=O)CN(c2ccccc2)C1=O)c1ccccc1. The van der Waals surface area contributed by atoms with Crippen LogP contribution < -0.4 is 15.1 Å². The van der Waals surface area contributed by atoms with Crippen LogP contribution in [0.15, 0.2) is 60.7 Å². The fraction of sp³-hybridized carbons (Fsp3) is 0.286. The van der Waals surface area contributed by atoms with Crippen molar-refractivity contribution in [3.05, 3.63) is 60.7 Å². The standard InChI is InChI=1S/C21H24N4O3/c1-23(17-9-4-2-5-10-17)14-8-13-22-19(26)15-25-20(27)16-24(21(25)28)18-11-6-3-7-12-18/h2-7,9-12H,8,13-16H2,1H3,(H,22,26). The molecule has 0 aliphatic carbocycles. The molecule has 3 rings (SSSR count). The molecule has 0 spiro atoms. The first-order valence-electron chi connectivity index (χ1n) is 9.26. The zero-order valence-corrected chi connectivity index (χ0v) is 15.9. The Labute approximate surface area is 164 Å². The lowest BCUT2D eigenvalue weighted by Gasteiger charge is -2.19. The van der Waals surface area contributed by atoms with Crippen molar-refractivity contribution < 1.29 is 14.4 Å². The van der Waals surface area contributed by atoms with Gasteiger partial charge < -0.3 is 10.2 Å². The van der Waals surface area contributed by atoms with E-state index in [-0.39, 0.29) is 24.9 Å². The minimum absolute atomic E-state index is 0.0437. The van der Waals surface area contributed by atoms with Gasteiger partial charge in [0.25, 0.3) is 5.91 Å².